The maximum Gasteiger partial charge on any atom is 0.309 e. The van der Waals surface area contributed by atoms with E-state index < -0.39 is 18.0 Å². The molecular weight excluding hydrogens is 289 g/mol. The summed E-state index contributed by atoms with van der Waals surface area (Å²) in [5.41, 5.74) is 0.812. The lowest BCUT2D eigenvalue weighted by Gasteiger charge is -2.34. The van der Waals surface area contributed by atoms with Gasteiger partial charge in [-0.05, 0) is 25.1 Å². The smallest absolute Gasteiger partial charge is 0.309 e. The van der Waals surface area contributed by atoms with Crippen LogP contribution >= 0.6 is 23.2 Å². The molecule has 1 heterocycles. The van der Waals surface area contributed by atoms with Gasteiger partial charge in [-0.2, -0.15) is 0 Å². The Morgan fingerprint density at radius 3 is 2.53 bits per heavy atom. The zero-order valence-corrected chi connectivity index (χ0v) is 11.7. The highest BCUT2D eigenvalue weighted by Gasteiger charge is 2.32. The molecule has 1 saturated heterocycles. The van der Waals surface area contributed by atoms with Crippen LogP contribution in [0.5, 0.6) is 0 Å². The number of aliphatic hydroxyl groups excluding tert-OH is 1. The Labute approximate surface area is 121 Å². The molecule has 2 rings (SSSR count). The Hall–Kier alpha value is -0.810. The van der Waals surface area contributed by atoms with Gasteiger partial charge in [0, 0.05) is 28.7 Å². The van der Waals surface area contributed by atoms with E-state index in [0.29, 0.717) is 36.1 Å². The molecule has 2 N–H and O–H groups in total. The molecule has 19 heavy (non-hydrogen) atoms. The summed E-state index contributed by atoms with van der Waals surface area (Å²) in [6.07, 6.45) is -0.425. The summed E-state index contributed by atoms with van der Waals surface area (Å²) in [5, 5.41) is 20.0. The molecule has 0 bridgehead atoms. The quantitative estimate of drug-likeness (QED) is 0.899. The van der Waals surface area contributed by atoms with E-state index >= 15 is 0 Å². The number of halogens is 2. The van der Waals surface area contributed by atoms with Crippen LogP contribution in [0, 0.1) is 5.92 Å². The summed E-state index contributed by atoms with van der Waals surface area (Å²) < 4.78 is 0. The third-order valence-electron chi connectivity index (χ3n) is 3.43. The Bertz CT molecular complexity index is 461. The van der Waals surface area contributed by atoms with Gasteiger partial charge in [-0.3, -0.25) is 9.69 Å². The summed E-state index contributed by atoms with van der Waals surface area (Å²) in [4.78, 5) is 12.9. The van der Waals surface area contributed by atoms with Gasteiger partial charge in [0.2, 0.25) is 0 Å². The average Bonchev–Trinajstić information content (AvgIpc) is 2.33. The number of benzene rings is 1. The third-order valence-corrected chi connectivity index (χ3v) is 4.13. The van der Waals surface area contributed by atoms with E-state index in [1.54, 1.807) is 18.2 Å². The van der Waals surface area contributed by atoms with Gasteiger partial charge in [0.05, 0.1) is 12.0 Å². The third kappa shape index (κ3) is 3.39. The standard InChI is InChI=1S/C13H15Cl2NO3/c14-10-2-1-3-11(15)9(10)6-16-5-4-8(13(18)19)12(17)7-16/h1-3,8,12,17H,4-7H2,(H,18,19)/t8-,12+/m0/s1. The second-order valence-electron chi connectivity index (χ2n) is 4.74. The largest absolute Gasteiger partial charge is 0.481 e. The molecule has 1 aliphatic heterocycles. The Morgan fingerprint density at radius 2 is 2.00 bits per heavy atom. The second kappa shape index (κ2) is 6.09. The molecule has 1 aliphatic rings. The highest BCUT2D eigenvalue weighted by molar-refractivity contribution is 6.35. The number of carboxylic acids is 1. The van der Waals surface area contributed by atoms with Gasteiger partial charge in [0.1, 0.15) is 0 Å². The van der Waals surface area contributed by atoms with Crippen molar-refractivity contribution < 1.29 is 15.0 Å². The lowest BCUT2D eigenvalue weighted by Crippen LogP contribution is -2.46. The van der Waals surface area contributed by atoms with Gasteiger partial charge in [-0.25, -0.2) is 0 Å². The Morgan fingerprint density at radius 1 is 1.37 bits per heavy atom. The molecule has 6 heteroatoms. The molecule has 0 saturated carbocycles. The molecule has 4 nitrogen and oxygen atoms in total. The number of nitrogens with zero attached hydrogens (tertiary/aromatic N) is 1. The molecule has 0 amide bonds. The van der Waals surface area contributed by atoms with Crippen LogP contribution in [0.25, 0.3) is 0 Å². The van der Waals surface area contributed by atoms with Crippen molar-refractivity contribution in [1.29, 1.82) is 0 Å². The van der Waals surface area contributed by atoms with E-state index in [2.05, 4.69) is 0 Å². The first kappa shape index (κ1) is 14.6. The van der Waals surface area contributed by atoms with Crippen molar-refractivity contribution in [3.8, 4) is 0 Å². The van der Waals surface area contributed by atoms with E-state index in [-0.39, 0.29) is 0 Å². The predicted molar refractivity (Wildman–Crippen MR) is 73.5 cm³/mol. The molecule has 0 spiro atoms. The van der Waals surface area contributed by atoms with Crippen LogP contribution < -0.4 is 0 Å². The number of aliphatic hydroxyl groups is 1. The molecule has 0 radical (unpaired) electrons. The number of piperidine rings is 1. The van der Waals surface area contributed by atoms with Crippen molar-refractivity contribution >= 4 is 29.2 Å². The Balaban J connectivity index is 2.04. The van der Waals surface area contributed by atoms with Crippen LogP contribution in [0.3, 0.4) is 0 Å². The highest BCUT2D eigenvalue weighted by Crippen LogP contribution is 2.27. The van der Waals surface area contributed by atoms with Crippen molar-refractivity contribution in [3.63, 3.8) is 0 Å². The van der Waals surface area contributed by atoms with Crippen LogP contribution in [0.1, 0.15) is 12.0 Å². The highest BCUT2D eigenvalue weighted by atomic mass is 35.5. The monoisotopic (exact) mass is 303 g/mol. The fourth-order valence-corrected chi connectivity index (χ4v) is 2.85. The lowest BCUT2D eigenvalue weighted by atomic mass is 9.94. The molecular formula is C13H15Cl2NO3. The van der Waals surface area contributed by atoms with Gasteiger partial charge in [0.15, 0.2) is 0 Å². The number of carbonyl (C=O) groups is 1. The number of rotatable bonds is 3. The van der Waals surface area contributed by atoms with Crippen LogP contribution in [0.15, 0.2) is 18.2 Å². The topological polar surface area (TPSA) is 60.8 Å². The van der Waals surface area contributed by atoms with E-state index in [9.17, 15) is 9.90 Å². The average molecular weight is 304 g/mol. The second-order valence-corrected chi connectivity index (χ2v) is 5.55. The van der Waals surface area contributed by atoms with E-state index in [1.807, 2.05) is 4.90 Å². The minimum atomic E-state index is -0.942. The molecule has 2 atom stereocenters. The van der Waals surface area contributed by atoms with E-state index in [4.69, 9.17) is 28.3 Å². The van der Waals surface area contributed by atoms with Gasteiger partial charge >= 0.3 is 5.97 Å². The first-order valence-electron chi connectivity index (χ1n) is 6.05. The summed E-state index contributed by atoms with van der Waals surface area (Å²) >= 11 is 12.2. The minimum Gasteiger partial charge on any atom is -0.481 e. The molecule has 1 fully saturated rings. The van der Waals surface area contributed by atoms with Crippen molar-refractivity contribution in [2.75, 3.05) is 13.1 Å². The van der Waals surface area contributed by atoms with Crippen LogP contribution in [-0.2, 0) is 11.3 Å². The molecule has 0 aliphatic carbocycles. The fraction of sp³-hybridized carbons (Fsp3) is 0.462. The van der Waals surface area contributed by atoms with Crippen molar-refractivity contribution in [1.82, 2.24) is 4.90 Å². The molecule has 0 unspecified atom stereocenters. The van der Waals surface area contributed by atoms with Crippen LogP contribution in [0.4, 0.5) is 0 Å². The molecule has 0 aromatic heterocycles. The predicted octanol–water partition coefficient (Wildman–Crippen LogP) is 2.26. The van der Waals surface area contributed by atoms with E-state index in [1.165, 1.54) is 0 Å². The van der Waals surface area contributed by atoms with Gasteiger partial charge in [-0.15, -0.1) is 0 Å². The summed E-state index contributed by atoms with van der Waals surface area (Å²) in [6, 6.07) is 5.31. The molecule has 1 aromatic carbocycles. The first-order valence-corrected chi connectivity index (χ1v) is 6.80. The summed E-state index contributed by atoms with van der Waals surface area (Å²) in [6.45, 7) is 1.44. The fourth-order valence-electron chi connectivity index (χ4n) is 2.34. The van der Waals surface area contributed by atoms with Gasteiger partial charge in [0.25, 0.3) is 0 Å². The van der Waals surface area contributed by atoms with Gasteiger partial charge in [-0.1, -0.05) is 29.3 Å². The SMILES string of the molecule is O=C(O)[C@H]1CCN(Cc2c(Cl)cccc2Cl)C[C@H]1O. The maximum atomic E-state index is 10.9. The van der Waals surface area contributed by atoms with E-state index in [0.717, 1.165) is 5.56 Å². The molecule has 104 valence electrons. The first-order chi connectivity index (χ1) is 8.99. The number of carboxylic acid groups (broad SMARTS) is 1. The van der Waals surface area contributed by atoms with Crippen LogP contribution in [-0.4, -0.2) is 40.3 Å². The van der Waals surface area contributed by atoms with Crippen molar-refractivity contribution in [2.45, 2.75) is 19.1 Å². The number of β-amino-alcohol motifs (C(OH)–C–C–N with tert-alkyl or cyclic N) is 1. The normalized spacial score (nSPS) is 24.4. The lowest BCUT2D eigenvalue weighted by molar-refractivity contribution is -0.148. The van der Waals surface area contributed by atoms with Crippen LogP contribution in [0.2, 0.25) is 10.0 Å². The van der Waals surface area contributed by atoms with Gasteiger partial charge < -0.3 is 10.2 Å². The Kier molecular flexibility index (Phi) is 4.68. The number of hydrogen-bond donors (Lipinski definition) is 2. The van der Waals surface area contributed by atoms with Crippen molar-refractivity contribution in [2.24, 2.45) is 5.92 Å². The summed E-state index contributed by atoms with van der Waals surface area (Å²) in [7, 11) is 0. The maximum absolute atomic E-state index is 10.9. The van der Waals surface area contributed by atoms with Crippen molar-refractivity contribution in [3.05, 3.63) is 33.8 Å². The molecule has 1 aromatic rings. The zero-order chi connectivity index (χ0) is 14.0. The minimum absolute atomic E-state index is 0.318. The summed E-state index contributed by atoms with van der Waals surface area (Å²) in [5.74, 6) is -1.62. The number of likely N-dealkylation sites (tertiary alicyclic amines) is 1. The zero-order valence-electron chi connectivity index (χ0n) is 10.2. The number of aliphatic carboxylic acids is 1. The number of hydrogen-bond acceptors (Lipinski definition) is 3.